The van der Waals surface area contributed by atoms with Gasteiger partial charge in [0.05, 0.1) is 0 Å². The highest BCUT2D eigenvalue weighted by Gasteiger charge is 1.03. The Balaban J connectivity index is -0.00000000567. The second-order valence-corrected chi connectivity index (χ2v) is 0.102. The van der Waals surface area contributed by atoms with Crippen molar-refractivity contribution in [3.63, 3.8) is 0 Å². The summed E-state index contributed by atoms with van der Waals surface area (Å²) in [5.74, 6) is 0. The number of nitrogens with one attached hydrogen (secondary N) is 1. The van der Waals surface area contributed by atoms with Crippen LogP contribution in [-0.2, 0) is 9.59 Å². The van der Waals surface area contributed by atoms with Crippen LogP contribution in [0, 0.1) is 5.41 Å². The zero-order chi connectivity index (χ0) is 4.71. The number of rotatable bonds is 0. The summed E-state index contributed by atoms with van der Waals surface area (Å²) in [7, 11) is 0. The van der Waals surface area contributed by atoms with Crippen LogP contribution in [0.5, 0.6) is 0 Å². The molecule has 0 unspecified atom stereocenters. The van der Waals surface area contributed by atoms with Crippen molar-refractivity contribution >= 4 is 12.9 Å². The highest BCUT2D eigenvalue weighted by Crippen LogP contribution is 0.868. The van der Waals surface area contributed by atoms with Crippen LogP contribution in [-0.4, -0.2) is 12.9 Å². The van der Waals surface area contributed by atoms with E-state index in [2.05, 4.69) is 0 Å². The van der Waals surface area contributed by atoms with Crippen molar-refractivity contribution in [1.29, 1.82) is 5.41 Å². The topological polar surface area (TPSA) is 58.0 Å². The molecule has 0 saturated heterocycles. The lowest BCUT2D eigenvalue weighted by molar-refractivity contribution is -0.0979. The minimum Gasteiger partial charge on any atom is -0.307 e. The van der Waals surface area contributed by atoms with Crippen molar-refractivity contribution in [2.24, 2.45) is 0 Å². The lowest BCUT2D eigenvalue weighted by Crippen LogP contribution is -1.16. The first-order valence-corrected chi connectivity index (χ1v) is 0.743. The first kappa shape index (κ1) is 61.4. The van der Waals surface area contributed by atoms with Gasteiger partial charge in [-0.2, -0.15) is 0 Å². The highest BCUT2D eigenvalue weighted by molar-refractivity contribution is 5.26. The predicted molar refractivity (Wildman–Crippen MR) is 35.7 cm³/mol. The summed E-state index contributed by atoms with van der Waals surface area (Å²) in [5, 5.41) is 5.40. The van der Waals surface area contributed by atoms with Crippen LogP contribution in [0.4, 0.5) is 0 Å². The molecule has 0 bridgehead atoms. The van der Waals surface area contributed by atoms with Gasteiger partial charge < -0.3 is 4.79 Å². The first-order chi connectivity index (χ1) is 2.41. The molecule has 0 saturated carbocycles. The van der Waals surface area contributed by atoms with E-state index in [4.69, 9.17) is 15.0 Å². The third kappa shape index (κ3) is 91.8. The maximum absolute atomic E-state index is 8.35. The monoisotopic (exact) mass is 121 g/mol. The van der Waals surface area contributed by atoms with Gasteiger partial charge in [-0.05, 0) is 0 Å². The fraction of sp³-hybridized carbons (Fsp3) is 0.600. The van der Waals surface area contributed by atoms with E-state index in [0.29, 0.717) is 0 Å². The molecule has 0 aromatic heterocycles. The number of hydrogen-bond acceptors (Lipinski definition) is 3. The average Bonchev–Trinajstić information content (AvgIpc) is 1.46. The zero-order valence-electron chi connectivity index (χ0n) is 2.52. The summed E-state index contributed by atoms with van der Waals surface area (Å²) in [5.41, 5.74) is 0. The van der Waals surface area contributed by atoms with Gasteiger partial charge in [-0.3, -0.25) is 0 Å². The fourth-order valence-corrected chi connectivity index (χ4v) is 0. The van der Waals surface area contributed by atoms with Gasteiger partial charge in [-0.15, -0.1) is 0 Å². The largest absolute Gasteiger partial charge is 0.307 e. The van der Waals surface area contributed by atoms with E-state index in [9.17, 15) is 0 Å². The van der Waals surface area contributed by atoms with Gasteiger partial charge in [-0.1, -0.05) is 22.3 Å². The van der Waals surface area contributed by atoms with Crippen LogP contribution in [0.1, 0.15) is 22.3 Å². The molecule has 8 heavy (non-hydrogen) atoms. The normalized spacial score (nSPS) is 1.50. The Morgan fingerprint density at radius 3 is 1.12 bits per heavy atom. The molecule has 0 heterocycles. The van der Waals surface area contributed by atoms with Crippen LogP contribution in [0.2, 0.25) is 0 Å². The molecule has 0 aromatic carbocycles. The molecule has 0 fully saturated rings. The predicted octanol–water partition coefficient (Wildman–Crippen LogP) is 1.62. The Kier molecular flexibility index (Phi) is 474000. The molecule has 0 rings (SSSR count). The van der Waals surface area contributed by atoms with Crippen molar-refractivity contribution < 1.29 is 9.59 Å². The van der Waals surface area contributed by atoms with Crippen LogP contribution in [0.3, 0.4) is 0 Å². The Hall–Kier alpha value is -0.950. The number of carbonyl (C=O) groups is 1. The Morgan fingerprint density at radius 2 is 1.12 bits per heavy atom. The standard InChI is InChI=1S/CHNO.CH2O.3CH4/c2-1-3;1-2;;;/h2H;1H2;3*1H4. The van der Waals surface area contributed by atoms with Crippen molar-refractivity contribution in [3.8, 4) is 0 Å². The molecule has 0 spiro atoms. The van der Waals surface area contributed by atoms with E-state index < -0.39 is 0 Å². The molecule has 52 valence electrons. The van der Waals surface area contributed by atoms with Gasteiger partial charge in [0, 0.05) is 0 Å². The van der Waals surface area contributed by atoms with Crippen LogP contribution in [0.15, 0.2) is 0 Å². The Morgan fingerprint density at radius 1 is 1.12 bits per heavy atom. The van der Waals surface area contributed by atoms with E-state index in [0.717, 1.165) is 6.08 Å². The van der Waals surface area contributed by atoms with Gasteiger partial charge in [0.25, 0.3) is 0 Å². The Bertz CT molecular complexity index is 39.7. The van der Waals surface area contributed by atoms with Gasteiger partial charge in [0.15, 0.2) is 0 Å². The van der Waals surface area contributed by atoms with E-state index in [-0.39, 0.29) is 22.3 Å². The third-order valence-electron chi connectivity index (χ3n) is 0. The summed E-state index contributed by atoms with van der Waals surface area (Å²) in [6, 6.07) is 0. The molecule has 0 atom stereocenters. The maximum Gasteiger partial charge on any atom is 0.231 e. The summed E-state index contributed by atoms with van der Waals surface area (Å²) in [6.45, 7) is 2.00. The average molecular weight is 121 g/mol. The molecule has 0 aliphatic rings. The quantitative estimate of drug-likeness (QED) is 0.391. The molecule has 0 aromatic rings. The molecule has 1 N–H and O–H groups in total. The Labute approximate surface area is 51.2 Å². The van der Waals surface area contributed by atoms with Gasteiger partial charge in [-0.25, -0.2) is 10.2 Å². The third-order valence-corrected chi connectivity index (χ3v) is 0. The molecule has 0 amide bonds. The molecular weight excluding hydrogens is 106 g/mol. The maximum atomic E-state index is 8.35. The smallest absolute Gasteiger partial charge is 0.231 e. The molecular formula is C5H15NO2. The SMILES string of the molecule is C.C.C.C=O.N=C=O. The lowest BCUT2D eigenvalue weighted by Gasteiger charge is -1.02. The molecule has 3 heteroatoms. The summed E-state index contributed by atoms with van der Waals surface area (Å²) in [4.78, 5) is 16.3. The number of carbonyl (C=O) groups excluding carboxylic acids is 2. The van der Waals surface area contributed by atoms with E-state index in [1.807, 2.05) is 6.79 Å². The minimum absolute atomic E-state index is 0. The van der Waals surface area contributed by atoms with Crippen LogP contribution in [0.25, 0.3) is 0 Å². The minimum atomic E-state index is 0. The molecule has 3 nitrogen and oxygen atoms in total. The summed E-state index contributed by atoms with van der Waals surface area (Å²) < 4.78 is 0. The second-order valence-electron chi connectivity index (χ2n) is 0.102. The van der Waals surface area contributed by atoms with E-state index in [1.54, 1.807) is 0 Å². The van der Waals surface area contributed by atoms with Crippen molar-refractivity contribution in [3.05, 3.63) is 0 Å². The summed E-state index contributed by atoms with van der Waals surface area (Å²) >= 11 is 0. The van der Waals surface area contributed by atoms with Crippen molar-refractivity contribution in [2.45, 2.75) is 22.3 Å². The number of hydrogen-bond donors (Lipinski definition) is 1. The molecule has 0 aliphatic heterocycles. The second kappa shape index (κ2) is 61700. The fourth-order valence-electron chi connectivity index (χ4n) is 0. The summed E-state index contributed by atoms with van der Waals surface area (Å²) in [6.07, 6.45) is 0.750. The van der Waals surface area contributed by atoms with Gasteiger partial charge in [0.1, 0.15) is 6.79 Å². The van der Waals surface area contributed by atoms with Crippen molar-refractivity contribution in [1.82, 2.24) is 0 Å². The van der Waals surface area contributed by atoms with Gasteiger partial charge in [0.2, 0.25) is 6.08 Å². The lowest BCUT2D eigenvalue weighted by atomic mass is 11.7. The zero-order valence-corrected chi connectivity index (χ0v) is 2.52. The van der Waals surface area contributed by atoms with E-state index >= 15 is 0 Å². The van der Waals surface area contributed by atoms with E-state index in [1.165, 1.54) is 0 Å². The van der Waals surface area contributed by atoms with Crippen LogP contribution < -0.4 is 0 Å². The van der Waals surface area contributed by atoms with Crippen molar-refractivity contribution in [2.75, 3.05) is 0 Å². The number of isocyanates is 1. The van der Waals surface area contributed by atoms with Crippen LogP contribution >= 0.6 is 0 Å². The van der Waals surface area contributed by atoms with Gasteiger partial charge >= 0.3 is 0 Å². The molecule has 0 aliphatic carbocycles. The first-order valence-electron chi connectivity index (χ1n) is 0.743. The highest BCUT2D eigenvalue weighted by atomic mass is 16.1. The molecule has 0 radical (unpaired) electrons.